The van der Waals surface area contributed by atoms with E-state index in [1.54, 1.807) is 11.8 Å². The van der Waals surface area contributed by atoms with Gasteiger partial charge in [-0.3, -0.25) is 14.2 Å². The molecule has 206 valence electrons. The van der Waals surface area contributed by atoms with Crippen LogP contribution in [-0.2, 0) is 9.59 Å². The van der Waals surface area contributed by atoms with Crippen LogP contribution in [0.15, 0.2) is 59.8 Å². The Bertz CT molecular complexity index is 1250. The zero-order chi connectivity index (χ0) is 27.2. The van der Waals surface area contributed by atoms with Crippen LogP contribution in [0.5, 0.6) is 0 Å². The van der Waals surface area contributed by atoms with Gasteiger partial charge in [-0.05, 0) is 51.7 Å². The van der Waals surface area contributed by atoms with Crippen LogP contribution in [0.1, 0.15) is 57.4 Å². The number of nitrogens with zero attached hydrogens (tertiary/aromatic N) is 5. The maximum absolute atomic E-state index is 12.9. The molecule has 0 N–H and O–H groups in total. The van der Waals surface area contributed by atoms with Gasteiger partial charge < -0.3 is 9.80 Å². The van der Waals surface area contributed by atoms with Crippen molar-refractivity contribution in [1.82, 2.24) is 24.6 Å². The molecule has 1 aromatic heterocycles. The molecule has 2 heterocycles. The van der Waals surface area contributed by atoms with Crippen LogP contribution in [0.25, 0.3) is 17.1 Å². The lowest BCUT2D eigenvalue weighted by atomic mass is 10.0. The number of benzene rings is 2. The van der Waals surface area contributed by atoms with Gasteiger partial charge in [-0.2, -0.15) is 0 Å². The molecule has 1 saturated heterocycles. The zero-order valence-electron chi connectivity index (χ0n) is 23.1. The summed E-state index contributed by atoms with van der Waals surface area (Å²) < 4.78 is 2.12. The van der Waals surface area contributed by atoms with Gasteiger partial charge in [0.2, 0.25) is 11.8 Å². The van der Waals surface area contributed by atoms with Gasteiger partial charge in [-0.1, -0.05) is 72.6 Å². The van der Waals surface area contributed by atoms with Crippen molar-refractivity contribution in [2.24, 2.45) is 5.92 Å². The highest BCUT2D eigenvalue weighted by Gasteiger charge is 2.34. The molecule has 0 bridgehead atoms. The molecule has 1 unspecified atom stereocenters. The van der Waals surface area contributed by atoms with E-state index in [0.29, 0.717) is 32.0 Å². The summed E-state index contributed by atoms with van der Waals surface area (Å²) in [4.78, 5) is 29.8. The predicted molar refractivity (Wildman–Crippen MR) is 156 cm³/mol. The second-order valence-electron chi connectivity index (χ2n) is 10.9. The number of aryl methyl sites for hydroxylation is 1. The molecule has 0 radical (unpaired) electrons. The molecule has 5 rings (SSSR count). The average Bonchev–Trinajstić information content (AvgIpc) is 3.64. The molecular formula is C31H39N5O2S. The fourth-order valence-corrected chi connectivity index (χ4v) is 6.63. The zero-order valence-corrected chi connectivity index (χ0v) is 23.9. The van der Waals surface area contributed by atoms with Gasteiger partial charge in [0, 0.05) is 55.0 Å². The fourth-order valence-electron chi connectivity index (χ4n) is 5.68. The van der Waals surface area contributed by atoms with E-state index in [-0.39, 0.29) is 17.9 Å². The maximum atomic E-state index is 12.9. The molecule has 2 fully saturated rings. The van der Waals surface area contributed by atoms with Crippen molar-refractivity contribution in [2.75, 3.05) is 25.4 Å². The Morgan fingerprint density at radius 3 is 2.41 bits per heavy atom. The first-order valence-corrected chi connectivity index (χ1v) is 15.3. The van der Waals surface area contributed by atoms with E-state index < -0.39 is 0 Å². The molecule has 1 aliphatic heterocycles. The second-order valence-corrected chi connectivity index (χ2v) is 11.9. The number of amides is 2. The number of piperazine rings is 1. The number of rotatable bonds is 9. The van der Waals surface area contributed by atoms with Gasteiger partial charge in [0.15, 0.2) is 11.0 Å². The first kappa shape index (κ1) is 27.4. The van der Waals surface area contributed by atoms with Gasteiger partial charge in [-0.15, -0.1) is 10.2 Å². The van der Waals surface area contributed by atoms with Crippen molar-refractivity contribution in [3.63, 3.8) is 0 Å². The van der Waals surface area contributed by atoms with Crippen molar-refractivity contribution < 1.29 is 9.59 Å². The Balaban J connectivity index is 1.12. The van der Waals surface area contributed by atoms with Gasteiger partial charge in [0.1, 0.15) is 0 Å². The highest BCUT2D eigenvalue weighted by atomic mass is 32.2. The van der Waals surface area contributed by atoms with E-state index >= 15 is 0 Å². The summed E-state index contributed by atoms with van der Waals surface area (Å²) in [6.45, 7) is 6.13. The summed E-state index contributed by atoms with van der Waals surface area (Å²) in [5.74, 6) is 2.41. The Morgan fingerprint density at radius 2 is 1.69 bits per heavy atom. The van der Waals surface area contributed by atoms with Crippen LogP contribution in [-0.4, -0.2) is 67.8 Å². The van der Waals surface area contributed by atoms with Gasteiger partial charge in [-0.25, -0.2) is 0 Å². The van der Waals surface area contributed by atoms with Gasteiger partial charge in [0.25, 0.3) is 0 Å². The number of unbranched alkanes of at least 4 members (excludes halogenated alkanes) is 1. The Labute approximate surface area is 236 Å². The first-order valence-electron chi connectivity index (χ1n) is 14.3. The molecular weight excluding hydrogens is 506 g/mol. The molecule has 2 amide bonds. The van der Waals surface area contributed by atoms with Crippen LogP contribution in [0.3, 0.4) is 0 Å². The Morgan fingerprint density at radius 1 is 0.949 bits per heavy atom. The quantitative estimate of drug-likeness (QED) is 0.253. The fraction of sp³-hybridized carbons (Fsp3) is 0.484. The predicted octanol–water partition coefficient (Wildman–Crippen LogP) is 5.75. The van der Waals surface area contributed by atoms with Crippen molar-refractivity contribution >= 4 is 23.6 Å². The standard InChI is InChI=1S/C31H39N5O2S/c1-23-15-17-27(18-16-23)36-29(25-10-4-3-5-11-25)32-33-31(36)39-21-9-8-14-28(37)34-19-20-35(24(2)22-34)30(38)26-12-6-7-13-26/h3-5,10-11,15-18,24,26H,6-9,12-14,19-22H2,1-2H3. The molecule has 1 saturated carbocycles. The first-order chi connectivity index (χ1) is 19.0. The van der Waals surface area contributed by atoms with E-state index in [9.17, 15) is 9.59 Å². The van der Waals surface area contributed by atoms with Crippen molar-refractivity contribution in [1.29, 1.82) is 0 Å². The molecule has 8 heteroatoms. The summed E-state index contributed by atoms with van der Waals surface area (Å²) in [6, 6.07) is 18.7. The minimum absolute atomic E-state index is 0.0956. The third-order valence-corrected chi connectivity index (χ3v) is 8.96. The average molecular weight is 546 g/mol. The number of hydrogen-bond donors (Lipinski definition) is 0. The summed E-state index contributed by atoms with van der Waals surface area (Å²) >= 11 is 1.68. The summed E-state index contributed by atoms with van der Waals surface area (Å²) in [5, 5.41) is 9.91. The Kier molecular flexibility index (Phi) is 9.02. The highest BCUT2D eigenvalue weighted by molar-refractivity contribution is 7.99. The van der Waals surface area contributed by atoms with E-state index in [2.05, 4.69) is 65.0 Å². The lowest BCUT2D eigenvalue weighted by Crippen LogP contribution is -2.56. The van der Waals surface area contributed by atoms with Crippen LogP contribution in [0, 0.1) is 12.8 Å². The molecule has 0 spiro atoms. The molecule has 2 aliphatic rings. The molecule has 2 aromatic carbocycles. The lowest BCUT2D eigenvalue weighted by Gasteiger charge is -2.41. The van der Waals surface area contributed by atoms with Crippen molar-refractivity contribution in [3.8, 4) is 17.1 Å². The normalized spacial score (nSPS) is 18.1. The third kappa shape index (κ3) is 6.55. The number of carbonyl (C=O) groups excluding carboxylic acids is 2. The second kappa shape index (κ2) is 12.8. The molecule has 3 aromatic rings. The Hall–Kier alpha value is -3.13. The summed E-state index contributed by atoms with van der Waals surface area (Å²) in [7, 11) is 0. The molecule has 1 atom stereocenters. The number of aromatic nitrogens is 3. The van der Waals surface area contributed by atoms with Crippen LogP contribution in [0.2, 0.25) is 0 Å². The van der Waals surface area contributed by atoms with Crippen molar-refractivity contribution in [3.05, 3.63) is 60.2 Å². The van der Waals surface area contributed by atoms with Crippen LogP contribution < -0.4 is 0 Å². The monoisotopic (exact) mass is 545 g/mol. The maximum Gasteiger partial charge on any atom is 0.226 e. The minimum atomic E-state index is 0.0956. The molecule has 1 aliphatic carbocycles. The summed E-state index contributed by atoms with van der Waals surface area (Å²) in [6.07, 6.45) is 6.69. The number of thioether (sulfide) groups is 1. The highest BCUT2D eigenvalue weighted by Crippen LogP contribution is 2.30. The summed E-state index contributed by atoms with van der Waals surface area (Å²) in [5.41, 5.74) is 3.28. The van der Waals surface area contributed by atoms with E-state index in [0.717, 1.165) is 53.7 Å². The smallest absolute Gasteiger partial charge is 0.226 e. The van der Waals surface area contributed by atoms with Crippen molar-refractivity contribution in [2.45, 2.75) is 70.0 Å². The van der Waals surface area contributed by atoms with Gasteiger partial charge >= 0.3 is 0 Å². The largest absolute Gasteiger partial charge is 0.339 e. The SMILES string of the molecule is Cc1ccc(-n2c(SCCCCC(=O)N3CCN(C(=O)C4CCCC4)C(C)C3)nnc2-c2ccccc2)cc1. The lowest BCUT2D eigenvalue weighted by molar-refractivity contribution is -0.145. The molecule has 7 nitrogen and oxygen atoms in total. The third-order valence-electron chi connectivity index (χ3n) is 7.94. The number of hydrogen-bond acceptors (Lipinski definition) is 5. The number of carbonyl (C=O) groups is 2. The van der Waals surface area contributed by atoms with Crippen LogP contribution in [0.4, 0.5) is 0 Å². The van der Waals surface area contributed by atoms with Gasteiger partial charge in [0.05, 0.1) is 0 Å². The topological polar surface area (TPSA) is 71.3 Å². The molecule has 39 heavy (non-hydrogen) atoms. The van der Waals surface area contributed by atoms with E-state index in [1.165, 1.54) is 18.4 Å². The van der Waals surface area contributed by atoms with E-state index in [1.807, 2.05) is 28.0 Å². The van der Waals surface area contributed by atoms with E-state index in [4.69, 9.17) is 0 Å². The minimum Gasteiger partial charge on any atom is -0.339 e. The van der Waals surface area contributed by atoms with Crippen LogP contribution >= 0.6 is 11.8 Å².